The van der Waals surface area contributed by atoms with Crippen LogP contribution in [-0.2, 0) is 6.54 Å². The number of benzene rings is 1. The lowest BCUT2D eigenvalue weighted by Gasteiger charge is -2.13. The molecule has 0 aliphatic rings. The first-order valence-electron chi connectivity index (χ1n) is 4.34. The summed E-state index contributed by atoms with van der Waals surface area (Å²) in [5.41, 5.74) is 4.80. The van der Waals surface area contributed by atoms with Crippen molar-refractivity contribution in [3.63, 3.8) is 0 Å². The van der Waals surface area contributed by atoms with Gasteiger partial charge in [0.1, 0.15) is 0 Å². The van der Waals surface area contributed by atoms with Crippen LogP contribution in [0.1, 0.15) is 16.7 Å². The van der Waals surface area contributed by atoms with E-state index in [-0.39, 0.29) is 5.75 Å². The van der Waals surface area contributed by atoms with Gasteiger partial charge in [0.15, 0.2) is 11.5 Å². The molecule has 78 valence electrons. The number of ether oxygens (including phenoxy) is 1. The van der Waals surface area contributed by atoms with Gasteiger partial charge in [0.05, 0.1) is 7.11 Å². The highest BCUT2D eigenvalue weighted by Gasteiger charge is 2.11. The molecule has 0 aliphatic carbocycles. The van der Waals surface area contributed by atoms with E-state index in [2.05, 4.69) is 5.48 Å². The molecule has 0 fully saturated rings. The van der Waals surface area contributed by atoms with Crippen molar-refractivity contribution in [2.45, 2.75) is 20.4 Å². The Morgan fingerprint density at radius 1 is 1.36 bits per heavy atom. The van der Waals surface area contributed by atoms with Gasteiger partial charge in [0, 0.05) is 6.54 Å². The highest BCUT2D eigenvalue weighted by molar-refractivity contribution is 5.52. The first-order valence-corrected chi connectivity index (χ1v) is 4.34. The third-order valence-corrected chi connectivity index (χ3v) is 2.40. The quantitative estimate of drug-likeness (QED) is 0.642. The molecule has 0 aromatic heterocycles. The average Bonchev–Trinajstić information content (AvgIpc) is 2.15. The van der Waals surface area contributed by atoms with Gasteiger partial charge in [-0.05, 0) is 36.6 Å². The number of phenols is 1. The molecule has 0 radical (unpaired) electrons. The number of hydroxylamine groups is 1. The van der Waals surface area contributed by atoms with Crippen molar-refractivity contribution in [3.8, 4) is 11.5 Å². The monoisotopic (exact) mass is 197 g/mol. The molecular weight excluding hydrogens is 182 g/mol. The first-order chi connectivity index (χ1) is 6.61. The molecule has 0 heterocycles. The Bertz CT molecular complexity index is 337. The van der Waals surface area contributed by atoms with Crippen LogP contribution in [0.15, 0.2) is 6.07 Å². The van der Waals surface area contributed by atoms with E-state index in [0.29, 0.717) is 12.3 Å². The van der Waals surface area contributed by atoms with E-state index in [0.717, 1.165) is 16.7 Å². The fourth-order valence-electron chi connectivity index (χ4n) is 1.47. The van der Waals surface area contributed by atoms with Crippen molar-refractivity contribution in [1.29, 1.82) is 0 Å². The minimum atomic E-state index is 0.0980. The zero-order valence-electron chi connectivity index (χ0n) is 8.59. The highest BCUT2D eigenvalue weighted by atomic mass is 16.5. The Balaban J connectivity index is 3.25. The van der Waals surface area contributed by atoms with Crippen molar-refractivity contribution in [1.82, 2.24) is 5.48 Å². The second-order valence-electron chi connectivity index (χ2n) is 3.17. The molecular formula is C10H15NO3. The molecule has 0 unspecified atom stereocenters. The van der Waals surface area contributed by atoms with Crippen molar-refractivity contribution in [2.24, 2.45) is 0 Å². The summed E-state index contributed by atoms with van der Waals surface area (Å²) in [4.78, 5) is 0. The van der Waals surface area contributed by atoms with Crippen LogP contribution < -0.4 is 10.2 Å². The molecule has 3 N–H and O–H groups in total. The van der Waals surface area contributed by atoms with Gasteiger partial charge in [-0.3, -0.25) is 0 Å². The van der Waals surface area contributed by atoms with Crippen LogP contribution >= 0.6 is 0 Å². The van der Waals surface area contributed by atoms with Gasteiger partial charge in [-0.2, -0.15) is 0 Å². The van der Waals surface area contributed by atoms with Gasteiger partial charge in [-0.15, -0.1) is 0 Å². The minimum absolute atomic E-state index is 0.0980. The number of phenolic OH excluding ortho intramolecular Hbond substituents is 1. The van der Waals surface area contributed by atoms with Crippen LogP contribution in [0.5, 0.6) is 11.5 Å². The Morgan fingerprint density at radius 3 is 2.50 bits per heavy atom. The van der Waals surface area contributed by atoms with E-state index in [1.165, 1.54) is 7.11 Å². The summed E-state index contributed by atoms with van der Waals surface area (Å²) >= 11 is 0. The Hall–Kier alpha value is -1.26. The average molecular weight is 197 g/mol. The Morgan fingerprint density at radius 2 is 2.00 bits per heavy atom. The fraction of sp³-hybridized carbons (Fsp3) is 0.400. The molecule has 4 nitrogen and oxygen atoms in total. The molecule has 0 aliphatic heterocycles. The summed E-state index contributed by atoms with van der Waals surface area (Å²) in [5, 5.41) is 18.2. The van der Waals surface area contributed by atoms with Gasteiger partial charge in [-0.1, -0.05) is 0 Å². The number of aromatic hydroxyl groups is 1. The molecule has 1 rings (SSSR count). The highest BCUT2D eigenvalue weighted by Crippen LogP contribution is 2.33. The Kier molecular flexibility index (Phi) is 3.33. The molecule has 0 bridgehead atoms. The molecule has 0 amide bonds. The van der Waals surface area contributed by atoms with Crippen molar-refractivity contribution in [3.05, 3.63) is 22.8 Å². The summed E-state index contributed by atoms with van der Waals surface area (Å²) in [6, 6.07) is 1.59. The van der Waals surface area contributed by atoms with Crippen LogP contribution in [0.2, 0.25) is 0 Å². The fourth-order valence-corrected chi connectivity index (χ4v) is 1.47. The van der Waals surface area contributed by atoms with Crippen LogP contribution in [0.3, 0.4) is 0 Å². The molecule has 14 heavy (non-hydrogen) atoms. The van der Waals surface area contributed by atoms with Crippen LogP contribution in [-0.4, -0.2) is 17.4 Å². The zero-order chi connectivity index (χ0) is 10.7. The molecule has 0 atom stereocenters. The van der Waals surface area contributed by atoms with E-state index in [1.807, 2.05) is 13.8 Å². The Labute approximate surface area is 83.1 Å². The van der Waals surface area contributed by atoms with Crippen molar-refractivity contribution >= 4 is 0 Å². The number of hydrogen-bond acceptors (Lipinski definition) is 4. The number of methoxy groups -OCH3 is 1. The predicted molar refractivity (Wildman–Crippen MR) is 52.8 cm³/mol. The SMILES string of the molecule is COc1c(O)cc(CNO)c(C)c1C. The largest absolute Gasteiger partial charge is 0.504 e. The van der Waals surface area contributed by atoms with Crippen LogP contribution in [0, 0.1) is 13.8 Å². The predicted octanol–water partition coefficient (Wildman–Crippen LogP) is 1.50. The summed E-state index contributed by atoms with van der Waals surface area (Å²) < 4.78 is 5.06. The number of hydrogen-bond donors (Lipinski definition) is 3. The maximum Gasteiger partial charge on any atom is 0.163 e. The molecule has 4 heteroatoms. The number of rotatable bonds is 3. The lowest BCUT2D eigenvalue weighted by atomic mass is 10.0. The third kappa shape index (κ3) is 1.81. The summed E-state index contributed by atoms with van der Waals surface area (Å²) in [6.07, 6.45) is 0. The summed E-state index contributed by atoms with van der Waals surface area (Å²) in [5.74, 6) is 0.588. The molecule has 1 aromatic carbocycles. The van der Waals surface area contributed by atoms with E-state index < -0.39 is 0 Å². The zero-order valence-corrected chi connectivity index (χ0v) is 8.59. The smallest absolute Gasteiger partial charge is 0.163 e. The van der Waals surface area contributed by atoms with Crippen molar-refractivity contribution < 1.29 is 15.1 Å². The maximum absolute atomic E-state index is 9.59. The lowest BCUT2D eigenvalue weighted by molar-refractivity contribution is 0.161. The maximum atomic E-state index is 9.59. The van der Waals surface area contributed by atoms with Gasteiger partial charge in [0.25, 0.3) is 0 Å². The van der Waals surface area contributed by atoms with Gasteiger partial charge in [-0.25, -0.2) is 5.48 Å². The van der Waals surface area contributed by atoms with Gasteiger partial charge >= 0.3 is 0 Å². The molecule has 1 aromatic rings. The van der Waals surface area contributed by atoms with E-state index in [1.54, 1.807) is 6.07 Å². The molecule has 0 saturated carbocycles. The van der Waals surface area contributed by atoms with E-state index in [9.17, 15) is 5.11 Å². The number of nitrogens with one attached hydrogen (secondary N) is 1. The van der Waals surface area contributed by atoms with Gasteiger partial charge < -0.3 is 15.1 Å². The first kappa shape index (κ1) is 10.8. The van der Waals surface area contributed by atoms with Crippen LogP contribution in [0.4, 0.5) is 0 Å². The van der Waals surface area contributed by atoms with Crippen LogP contribution in [0.25, 0.3) is 0 Å². The minimum Gasteiger partial charge on any atom is -0.504 e. The summed E-state index contributed by atoms with van der Waals surface area (Å²) in [7, 11) is 1.52. The molecule has 0 saturated heterocycles. The second-order valence-corrected chi connectivity index (χ2v) is 3.17. The standard InChI is InChI=1S/C10H15NO3/c1-6-7(2)10(14-3)9(12)4-8(6)5-11-13/h4,11-13H,5H2,1-3H3. The van der Waals surface area contributed by atoms with E-state index in [4.69, 9.17) is 9.94 Å². The molecule has 0 spiro atoms. The van der Waals surface area contributed by atoms with Crippen molar-refractivity contribution in [2.75, 3.05) is 7.11 Å². The lowest BCUT2D eigenvalue weighted by Crippen LogP contribution is -2.08. The van der Waals surface area contributed by atoms with Gasteiger partial charge in [0.2, 0.25) is 0 Å². The topological polar surface area (TPSA) is 61.7 Å². The summed E-state index contributed by atoms with van der Waals surface area (Å²) in [6.45, 7) is 4.10. The third-order valence-electron chi connectivity index (χ3n) is 2.40. The van der Waals surface area contributed by atoms with E-state index >= 15 is 0 Å². The normalized spacial score (nSPS) is 10.3. The second kappa shape index (κ2) is 4.30.